The molecule has 4 aliphatic rings. The Labute approximate surface area is 434 Å². The molecule has 4 fully saturated rings. The number of carbonyl (C=O) groups is 4. The first-order valence-electron chi connectivity index (χ1n) is 25.1. The van der Waals surface area contributed by atoms with E-state index in [2.05, 4.69) is 44.5 Å². The second-order valence-electron chi connectivity index (χ2n) is 18.8. The minimum atomic E-state index is -5.15. The van der Waals surface area contributed by atoms with Gasteiger partial charge in [-0.3, -0.25) is 23.7 Å². The van der Waals surface area contributed by atoms with Crippen LogP contribution in [-0.2, 0) is 66.9 Å². The van der Waals surface area contributed by atoms with Crippen molar-refractivity contribution in [1.29, 1.82) is 0 Å². The molecule has 0 aromatic heterocycles. The summed E-state index contributed by atoms with van der Waals surface area (Å²) in [5, 5.41) is 108. The van der Waals surface area contributed by atoms with Gasteiger partial charge in [-0.05, 0) is 44.6 Å². The maximum Gasteiger partial charge on any atom is 0.397 e. The van der Waals surface area contributed by atoms with Gasteiger partial charge in [-0.25, -0.2) is 4.18 Å². The first-order valence-corrected chi connectivity index (χ1v) is 26.5. The van der Waals surface area contributed by atoms with E-state index in [0.29, 0.717) is 6.42 Å². The summed E-state index contributed by atoms with van der Waals surface area (Å²) in [4.78, 5) is 50.4. The third-order valence-electron chi connectivity index (χ3n) is 12.9. The highest BCUT2D eigenvalue weighted by atomic mass is 32.3. The highest BCUT2D eigenvalue weighted by molar-refractivity contribution is 7.80. The third-order valence-corrected chi connectivity index (χ3v) is 13.3. The van der Waals surface area contributed by atoms with Crippen molar-refractivity contribution in [2.75, 3.05) is 26.4 Å². The molecule has 4 amide bonds. The Balaban J connectivity index is 1.52. The molecule has 0 aromatic carbocycles. The molecule has 4 heterocycles. The van der Waals surface area contributed by atoms with E-state index >= 15 is 0 Å². The van der Waals surface area contributed by atoms with Gasteiger partial charge in [-0.1, -0.05) is 50.8 Å². The van der Waals surface area contributed by atoms with Crippen molar-refractivity contribution >= 4 is 34.0 Å². The van der Waals surface area contributed by atoms with Crippen molar-refractivity contribution in [1.82, 2.24) is 21.3 Å². The van der Waals surface area contributed by atoms with E-state index in [-0.39, 0.29) is 0 Å². The third kappa shape index (κ3) is 19.2. The van der Waals surface area contributed by atoms with Crippen molar-refractivity contribution < 1.29 is 115 Å². The largest absolute Gasteiger partial charge is 0.397 e. The van der Waals surface area contributed by atoms with Gasteiger partial charge in [0, 0.05) is 20.8 Å². The Bertz CT molecular complexity index is 1960. The molecule has 4 rings (SSSR count). The SMILES string of the molecule is CCCCCC/C=C\CCCCC/C=C/C(=O)N[C@@H]1[C@@H](O[C@@H]2[C@@H](O)[C@H](NC(C)=O)[C@@H](O[C@@H]3[C@@H](O)[C@H](NC(C)=O)[C@@H](O[C@@H]4[C@@H](O)[C@H](NC(C)=O)[C@@H](O)O[C@H]4COS(=O)(=O)O)O[C@H]3CO)O[C@H]2CO)O[C@@H](CO)[C@H](O)[C@H]1O. The molecule has 0 aliphatic carbocycles. The summed E-state index contributed by atoms with van der Waals surface area (Å²) in [6.45, 7) is 1.35. The number of nitrogens with one attached hydrogen (secondary N) is 4. The van der Waals surface area contributed by atoms with Crippen molar-refractivity contribution in [2.45, 2.75) is 214 Å². The molecule has 0 saturated carbocycles. The van der Waals surface area contributed by atoms with Crippen LogP contribution in [0.4, 0.5) is 0 Å². The normalized spacial score (nSPS) is 36.6. The van der Waals surface area contributed by atoms with E-state index in [9.17, 15) is 78.1 Å². The van der Waals surface area contributed by atoms with Crippen molar-refractivity contribution in [3.05, 3.63) is 24.3 Å². The molecule has 4 saturated heterocycles. The molecule has 14 N–H and O–H groups in total. The Morgan fingerprint density at radius 2 is 0.907 bits per heavy atom. The predicted octanol–water partition coefficient (Wildman–Crippen LogP) is -4.33. The predicted molar refractivity (Wildman–Crippen MR) is 255 cm³/mol. The molecule has 0 unspecified atom stereocenters. The highest BCUT2D eigenvalue weighted by Crippen LogP contribution is 2.35. The van der Waals surface area contributed by atoms with Gasteiger partial charge >= 0.3 is 10.4 Å². The van der Waals surface area contributed by atoms with Crippen molar-refractivity contribution in [2.24, 2.45) is 0 Å². The number of carbonyl (C=O) groups excluding carboxylic acids is 4. The molecule has 75 heavy (non-hydrogen) atoms. The molecule has 0 spiro atoms. The quantitative estimate of drug-likeness (QED) is 0.0152. The van der Waals surface area contributed by atoms with Crippen LogP contribution in [-0.4, -0.2) is 232 Å². The molecule has 4 aliphatic heterocycles. The molecule has 20 atom stereocenters. The summed E-state index contributed by atoms with van der Waals surface area (Å²) in [7, 11) is -5.15. The minimum absolute atomic E-state index is 0.557. The highest BCUT2D eigenvalue weighted by Gasteiger charge is 2.56. The van der Waals surface area contributed by atoms with Gasteiger partial charge in [0.1, 0.15) is 97.4 Å². The number of hydrogen-bond donors (Lipinski definition) is 14. The average Bonchev–Trinajstić information content (AvgIpc) is 3.34. The number of ether oxygens (including phenoxy) is 7. The first-order chi connectivity index (χ1) is 35.5. The van der Waals surface area contributed by atoms with E-state index in [0.717, 1.165) is 52.9 Å². The van der Waals surface area contributed by atoms with Gasteiger partial charge in [-0.15, -0.1) is 0 Å². The Kier molecular flexibility index (Phi) is 26.7. The number of aliphatic hydroxyl groups is 9. The maximum absolute atomic E-state index is 13.2. The molecular weight excluding hydrogens is 1020 g/mol. The fraction of sp³-hybridized carbons (Fsp3) is 0.826. The molecule has 0 radical (unpaired) electrons. The summed E-state index contributed by atoms with van der Waals surface area (Å²) in [5.41, 5.74) is 0. The Hall–Kier alpha value is -3.41. The number of aliphatic hydroxyl groups excluding tert-OH is 9. The van der Waals surface area contributed by atoms with E-state index in [1.54, 1.807) is 6.08 Å². The fourth-order valence-corrected chi connectivity index (χ4v) is 9.41. The van der Waals surface area contributed by atoms with Crippen LogP contribution in [0.3, 0.4) is 0 Å². The summed E-state index contributed by atoms with van der Waals surface area (Å²) >= 11 is 0. The van der Waals surface area contributed by atoms with Crippen LogP contribution >= 0.6 is 0 Å². The number of allylic oxidation sites excluding steroid dienone is 3. The van der Waals surface area contributed by atoms with E-state index < -0.39 is 183 Å². The van der Waals surface area contributed by atoms with Gasteiger partial charge in [0.25, 0.3) is 0 Å². The lowest BCUT2D eigenvalue weighted by molar-refractivity contribution is -0.361. The van der Waals surface area contributed by atoms with Crippen molar-refractivity contribution in [3.63, 3.8) is 0 Å². The zero-order valence-electron chi connectivity index (χ0n) is 42.4. The van der Waals surface area contributed by atoms with Crippen LogP contribution in [0, 0.1) is 0 Å². The first kappa shape index (κ1) is 64.1. The zero-order chi connectivity index (χ0) is 55.6. The number of hydrogen-bond acceptors (Lipinski definition) is 23. The van der Waals surface area contributed by atoms with Crippen LogP contribution in [0.2, 0.25) is 0 Å². The van der Waals surface area contributed by atoms with Gasteiger partial charge in [-0.2, -0.15) is 8.42 Å². The maximum atomic E-state index is 13.2. The van der Waals surface area contributed by atoms with Crippen LogP contribution in [0.1, 0.15) is 91.9 Å². The van der Waals surface area contributed by atoms with Crippen LogP contribution in [0.5, 0.6) is 0 Å². The van der Waals surface area contributed by atoms with Crippen molar-refractivity contribution in [3.8, 4) is 0 Å². The molecular formula is C46H78N4O24S. The van der Waals surface area contributed by atoms with E-state index in [1.807, 2.05) is 0 Å². The summed E-state index contributed by atoms with van der Waals surface area (Å²) in [6.07, 6.45) is -11.8. The summed E-state index contributed by atoms with van der Waals surface area (Å²) in [5.74, 6) is -3.11. The molecule has 432 valence electrons. The number of unbranched alkanes of at least 4 members (excludes halogenated alkanes) is 8. The number of rotatable bonds is 28. The molecule has 28 nitrogen and oxygen atoms in total. The monoisotopic (exact) mass is 1100 g/mol. The van der Waals surface area contributed by atoms with E-state index in [4.69, 9.17) is 33.2 Å². The molecule has 0 bridgehead atoms. The molecule has 0 aromatic rings. The topological polar surface area (TPSA) is 427 Å². The van der Waals surface area contributed by atoms with Crippen LogP contribution in [0.15, 0.2) is 24.3 Å². The Morgan fingerprint density at radius 1 is 0.507 bits per heavy atom. The summed E-state index contributed by atoms with van der Waals surface area (Å²) in [6, 6.07) is -6.65. The second-order valence-corrected chi connectivity index (χ2v) is 19.9. The second kappa shape index (κ2) is 31.3. The lowest BCUT2D eigenvalue weighted by Gasteiger charge is -2.51. The minimum Gasteiger partial charge on any atom is -0.394 e. The fourth-order valence-electron chi connectivity index (χ4n) is 9.10. The summed E-state index contributed by atoms with van der Waals surface area (Å²) < 4.78 is 77.8. The van der Waals surface area contributed by atoms with Crippen LogP contribution in [0.25, 0.3) is 0 Å². The zero-order valence-corrected chi connectivity index (χ0v) is 43.2. The van der Waals surface area contributed by atoms with E-state index in [1.165, 1.54) is 31.8 Å². The van der Waals surface area contributed by atoms with Crippen LogP contribution < -0.4 is 21.3 Å². The van der Waals surface area contributed by atoms with Gasteiger partial charge in [0.05, 0.1) is 26.4 Å². The lowest BCUT2D eigenvalue weighted by Crippen LogP contribution is -2.71. The average molecular weight is 1100 g/mol. The van der Waals surface area contributed by atoms with Gasteiger partial charge in [0.2, 0.25) is 23.6 Å². The standard InChI is InChI=1S/C46H78N4O24S/c1-5-6-7-8-9-10-11-12-13-14-15-16-17-18-30(57)50-32-36(59)35(58)26(19-51)69-44(32)72-40-27(20-52)70-45(33(38(40)61)48-24(3)55)73-41-28(21-53)71-46(34(39(41)62)49-25(4)56)74-42-29(22-67-75(64,65)66)68-43(63)31(37(42)60)47-23(2)54/h10-11,17-18,26-29,31-46,51-53,58-63H,5-9,12-16,19-22H2,1-4H3,(H,47,54)(H,48,55)(H,49,56)(H,50,57)(H,64,65,66)/b11-10-,18-17+/t26-,27-,28-,29-,31-,32-,33-,34-,35-,36-,37-,38-,39-,40-,41-,42-,43-,44+,45+,46+/m0/s1. The van der Waals surface area contributed by atoms with Gasteiger partial charge < -0.3 is 100 Å². The smallest absolute Gasteiger partial charge is 0.394 e. The molecule has 29 heteroatoms. The number of amides is 4. The Morgan fingerprint density at radius 3 is 1.35 bits per heavy atom. The van der Waals surface area contributed by atoms with Gasteiger partial charge in [0.15, 0.2) is 25.2 Å². The lowest BCUT2D eigenvalue weighted by atomic mass is 9.93.